The molecule has 0 amide bonds. The molecule has 0 N–H and O–H groups in total. The predicted octanol–water partition coefficient (Wildman–Crippen LogP) is 2.13. The van der Waals surface area contributed by atoms with Crippen LogP contribution in [0.2, 0.25) is 0 Å². The second-order valence-corrected chi connectivity index (χ2v) is 6.16. The average molecular weight is 340 g/mol. The predicted molar refractivity (Wildman–Crippen MR) is 88.7 cm³/mol. The fraction of sp³-hybridized carbons (Fsp3) is 0.412. The minimum atomic E-state index is 0.154. The van der Waals surface area contributed by atoms with Crippen molar-refractivity contribution in [3.8, 4) is 5.88 Å². The molecule has 0 saturated heterocycles. The van der Waals surface area contributed by atoms with Crippen molar-refractivity contribution < 1.29 is 9.26 Å². The van der Waals surface area contributed by atoms with Gasteiger partial charge in [-0.2, -0.15) is 0 Å². The molecule has 3 aromatic heterocycles. The van der Waals surface area contributed by atoms with Crippen molar-refractivity contribution in [1.82, 2.24) is 29.8 Å². The van der Waals surface area contributed by atoms with Gasteiger partial charge in [-0.1, -0.05) is 11.2 Å². The lowest BCUT2D eigenvalue weighted by Gasteiger charge is -2.32. The van der Waals surface area contributed by atoms with Gasteiger partial charge in [0.05, 0.1) is 11.7 Å². The van der Waals surface area contributed by atoms with Gasteiger partial charge in [-0.15, -0.1) is 10.2 Å². The Morgan fingerprint density at radius 2 is 2.20 bits per heavy atom. The highest BCUT2D eigenvalue weighted by Crippen LogP contribution is 2.26. The van der Waals surface area contributed by atoms with Gasteiger partial charge >= 0.3 is 0 Å². The zero-order valence-corrected chi connectivity index (χ0v) is 14.3. The molecule has 8 heteroatoms. The number of ether oxygens (including phenoxy) is 1. The molecule has 0 aromatic carbocycles. The summed E-state index contributed by atoms with van der Waals surface area (Å²) in [6.07, 6.45) is 1.71. The van der Waals surface area contributed by atoms with E-state index in [9.17, 15) is 0 Å². The summed E-state index contributed by atoms with van der Waals surface area (Å²) < 4.78 is 13.0. The van der Waals surface area contributed by atoms with E-state index < -0.39 is 0 Å². The molecule has 0 unspecified atom stereocenters. The van der Waals surface area contributed by atoms with Gasteiger partial charge in [0.1, 0.15) is 18.2 Å². The number of fused-ring (bicyclic) bond motifs is 1. The van der Waals surface area contributed by atoms with Gasteiger partial charge < -0.3 is 13.8 Å². The van der Waals surface area contributed by atoms with Crippen LogP contribution in [0.4, 0.5) is 0 Å². The molecule has 3 aromatic rings. The van der Waals surface area contributed by atoms with E-state index in [4.69, 9.17) is 9.26 Å². The third-order valence-corrected chi connectivity index (χ3v) is 4.42. The van der Waals surface area contributed by atoms with Gasteiger partial charge in [0.25, 0.3) is 0 Å². The Morgan fingerprint density at radius 3 is 2.96 bits per heavy atom. The van der Waals surface area contributed by atoms with Crippen molar-refractivity contribution in [2.45, 2.75) is 39.6 Å². The van der Waals surface area contributed by atoms with Crippen molar-refractivity contribution in [1.29, 1.82) is 0 Å². The fourth-order valence-corrected chi connectivity index (χ4v) is 3.08. The molecule has 1 aliphatic heterocycles. The van der Waals surface area contributed by atoms with Crippen LogP contribution in [0.5, 0.6) is 5.88 Å². The van der Waals surface area contributed by atoms with E-state index in [1.807, 2.05) is 31.2 Å². The molecular weight excluding hydrogens is 320 g/mol. The van der Waals surface area contributed by atoms with Crippen molar-refractivity contribution in [3.63, 3.8) is 0 Å². The Hall–Kier alpha value is -2.74. The second kappa shape index (κ2) is 6.64. The van der Waals surface area contributed by atoms with Gasteiger partial charge in [-0.25, -0.2) is 4.98 Å². The summed E-state index contributed by atoms with van der Waals surface area (Å²) in [4.78, 5) is 6.49. The van der Waals surface area contributed by atoms with E-state index in [0.29, 0.717) is 12.5 Å². The molecular formula is C17H20N6O2. The quantitative estimate of drug-likeness (QED) is 0.703. The Kier molecular flexibility index (Phi) is 4.19. The molecule has 25 heavy (non-hydrogen) atoms. The molecule has 4 heterocycles. The maximum Gasteiger partial charge on any atom is 0.213 e. The Labute approximate surface area is 145 Å². The molecule has 1 aliphatic rings. The van der Waals surface area contributed by atoms with Crippen molar-refractivity contribution >= 4 is 0 Å². The SMILES string of the molecule is Cc1cc(CN2CCn3c(COc4ccccn4)nnc3[C@@H]2C)no1. The summed E-state index contributed by atoms with van der Waals surface area (Å²) in [6, 6.07) is 7.71. The molecule has 130 valence electrons. The van der Waals surface area contributed by atoms with Gasteiger partial charge in [0, 0.05) is 38.0 Å². The summed E-state index contributed by atoms with van der Waals surface area (Å²) in [5, 5.41) is 12.8. The first kappa shape index (κ1) is 15.8. The second-order valence-electron chi connectivity index (χ2n) is 6.16. The highest BCUT2D eigenvalue weighted by atomic mass is 16.5. The first-order valence-electron chi connectivity index (χ1n) is 8.33. The Morgan fingerprint density at radius 1 is 1.28 bits per heavy atom. The van der Waals surface area contributed by atoms with Crippen LogP contribution in [0.25, 0.3) is 0 Å². The highest BCUT2D eigenvalue weighted by molar-refractivity contribution is 5.11. The van der Waals surface area contributed by atoms with Gasteiger partial charge in [-0.05, 0) is 19.9 Å². The number of hydrogen-bond acceptors (Lipinski definition) is 7. The van der Waals surface area contributed by atoms with E-state index in [-0.39, 0.29) is 6.04 Å². The van der Waals surface area contributed by atoms with E-state index in [1.54, 1.807) is 6.20 Å². The standard InChI is InChI=1S/C17H20N6O2/c1-12-9-14(21-25-12)10-22-7-8-23-15(19-20-17(23)13(22)2)11-24-16-5-3-4-6-18-16/h3-6,9,13H,7-8,10-11H2,1-2H3/t13-/m0/s1. The molecule has 0 radical (unpaired) electrons. The van der Waals surface area contributed by atoms with Crippen LogP contribution < -0.4 is 4.74 Å². The largest absolute Gasteiger partial charge is 0.469 e. The number of aryl methyl sites for hydroxylation is 1. The van der Waals surface area contributed by atoms with Crippen molar-refractivity contribution in [3.05, 3.63) is 53.6 Å². The van der Waals surface area contributed by atoms with Crippen LogP contribution in [0.1, 0.15) is 36.1 Å². The van der Waals surface area contributed by atoms with Crippen molar-refractivity contribution in [2.24, 2.45) is 0 Å². The molecule has 0 spiro atoms. The molecule has 1 atom stereocenters. The van der Waals surface area contributed by atoms with Crippen LogP contribution in [0.15, 0.2) is 35.0 Å². The molecule has 0 aliphatic carbocycles. The van der Waals surface area contributed by atoms with Crippen molar-refractivity contribution in [2.75, 3.05) is 6.54 Å². The Bertz CT molecular complexity index is 844. The zero-order valence-electron chi connectivity index (χ0n) is 14.3. The summed E-state index contributed by atoms with van der Waals surface area (Å²) in [6.45, 7) is 6.86. The van der Waals surface area contributed by atoms with Gasteiger partial charge in [0.2, 0.25) is 5.88 Å². The third kappa shape index (κ3) is 3.25. The zero-order chi connectivity index (χ0) is 17.2. The van der Waals surface area contributed by atoms with Crippen LogP contribution >= 0.6 is 0 Å². The molecule has 0 bridgehead atoms. The summed E-state index contributed by atoms with van der Waals surface area (Å²) in [7, 11) is 0. The van der Waals surface area contributed by atoms with E-state index >= 15 is 0 Å². The number of hydrogen-bond donors (Lipinski definition) is 0. The minimum absolute atomic E-state index is 0.154. The van der Waals surface area contributed by atoms with Crippen LogP contribution in [-0.2, 0) is 19.7 Å². The topological polar surface area (TPSA) is 82.1 Å². The average Bonchev–Trinajstić information content (AvgIpc) is 3.23. The monoisotopic (exact) mass is 340 g/mol. The third-order valence-electron chi connectivity index (χ3n) is 4.42. The Balaban J connectivity index is 1.45. The highest BCUT2D eigenvalue weighted by Gasteiger charge is 2.28. The molecule has 0 saturated carbocycles. The first-order valence-corrected chi connectivity index (χ1v) is 8.33. The first-order chi connectivity index (χ1) is 12.2. The van der Waals surface area contributed by atoms with Crippen LogP contribution in [0, 0.1) is 6.92 Å². The lowest BCUT2D eigenvalue weighted by atomic mass is 10.2. The normalized spacial score (nSPS) is 17.4. The van der Waals surface area contributed by atoms with Crippen LogP contribution in [-0.4, -0.2) is 36.3 Å². The molecule has 4 rings (SSSR count). The summed E-state index contributed by atoms with van der Waals surface area (Å²) >= 11 is 0. The molecule has 8 nitrogen and oxygen atoms in total. The van der Waals surface area contributed by atoms with Gasteiger partial charge in [0.15, 0.2) is 5.82 Å². The van der Waals surface area contributed by atoms with Gasteiger partial charge in [-0.3, -0.25) is 4.90 Å². The minimum Gasteiger partial charge on any atom is -0.469 e. The maximum atomic E-state index is 5.71. The molecule has 0 fully saturated rings. The van der Waals surface area contributed by atoms with E-state index in [2.05, 4.69) is 36.7 Å². The fourth-order valence-electron chi connectivity index (χ4n) is 3.08. The maximum absolute atomic E-state index is 5.71. The number of aromatic nitrogens is 5. The number of pyridine rings is 1. The van der Waals surface area contributed by atoms with E-state index in [1.165, 1.54) is 0 Å². The summed E-state index contributed by atoms with van der Waals surface area (Å²) in [5.41, 5.74) is 0.941. The summed E-state index contributed by atoms with van der Waals surface area (Å²) in [5.74, 6) is 3.19. The lowest BCUT2D eigenvalue weighted by molar-refractivity contribution is 0.148. The number of rotatable bonds is 5. The van der Waals surface area contributed by atoms with E-state index in [0.717, 1.165) is 42.7 Å². The number of nitrogens with zero attached hydrogens (tertiary/aromatic N) is 6. The smallest absolute Gasteiger partial charge is 0.213 e. The van der Waals surface area contributed by atoms with Crippen LogP contribution in [0.3, 0.4) is 0 Å². The lowest BCUT2D eigenvalue weighted by Crippen LogP contribution is -2.37.